The van der Waals surface area contributed by atoms with Gasteiger partial charge in [-0.1, -0.05) is 43.7 Å². The Balaban J connectivity index is 1.52. The molecule has 0 saturated heterocycles. The van der Waals surface area contributed by atoms with Crippen LogP contribution >= 0.6 is 0 Å². The van der Waals surface area contributed by atoms with E-state index in [0.29, 0.717) is 6.42 Å². The molecule has 3 atom stereocenters. The Hall–Kier alpha value is -2.50. The first-order chi connectivity index (χ1) is 15.0. The van der Waals surface area contributed by atoms with E-state index < -0.39 is 17.7 Å². The summed E-state index contributed by atoms with van der Waals surface area (Å²) in [7, 11) is 0. The molecule has 1 N–H and O–H groups in total. The minimum absolute atomic E-state index is 0.116. The molecule has 172 valence electrons. The molecule has 2 aromatic carbocycles. The van der Waals surface area contributed by atoms with Gasteiger partial charge in [-0.2, -0.15) is 0 Å². The van der Waals surface area contributed by atoms with E-state index >= 15 is 0 Å². The maximum Gasteiger partial charge on any atom is 0.573 e. The summed E-state index contributed by atoms with van der Waals surface area (Å²) in [6.45, 7) is 4.15. The molecule has 0 spiro atoms. The molecule has 1 fully saturated rings. The van der Waals surface area contributed by atoms with Crippen molar-refractivity contribution < 1.29 is 27.8 Å². The van der Waals surface area contributed by atoms with Gasteiger partial charge in [0.15, 0.2) is 0 Å². The second-order valence-corrected chi connectivity index (χ2v) is 9.77. The number of carbonyl (C=O) groups is 1. The van der Waals surface area contributed by atoms with Crippen molar-refractivity contribution in [2.24, 2.45) is 11.3 Å². The first-order valence-electron chi connectivity index (χ1n) is 11.2. The zero-order valence-electron chi connectivity index (χ0n) is 18.5. The lowest BCUT2D eigenvalue weighted by molar-refractivity contribution is -0.274. The van der Waals surface area contributed by atoms with Gasteiger partial charge < -0.3 is 9.84 Å². The van der Waals surface area contributed by atoms with Crippen LogP contribution < -0.4 is 4.74 Å². The lowest BCUT2D eigenvalue weighted by Gasteiger charge is -2.53. The van der Waals surface area contributed by atoms with Crippen LogP contribution in [0.15, 0.2) is 42.5 Å². The van der Waals surface area contributed by atoms with Crippen molar-refractivity contribution in [2.45, 2.75) is 70.6 Å². The number of aliphatic carboxylic acids is 1. The molecule has 2 aromatic rings. The van der Waals surface area contributed by atoms with E-state index in [0.717, 1.165) is 44.1 Å². The number of ether oxygens (including phenoxy) is 1. The quantitative estimate of drug-likeness (QED) is 0.573. The highest BCUT2D eigenvalue weighted by molar-refractivity contribution is 5.75. The second-order valence-electron chi connectivity index (χ2n) is 9.77. The maximum absolute atomic E-state index is 12.3. The summed E-state index contributed by atoms with van der Waals surface area (Å²) in [4.78, 5) is 12.1. The van der Waals surface area contributed by atoms with E-state index in [1.165, 1.54) is 28.8 Å². The smallest absolute Gasteiger partial charge is 0.481 e. The van der Waals surface area contributed by atoms with E-state index in [2.05, 4.69) is 29.9 Å². The summed E-state index contributed by atoms with van der Waals surface area (Å²) in [5.41, 5.74) is 3.87. The number of alkyl halides is 3. The van der Waals surface area contributed by atoms with Gasteiger partial charge in [0.05, 0.1) is 5.41 Å². The van der Waals surface area contributed by atoms with Gasteiger partial charge >= 0.3 is 12.3 Å². The number of halogens is 3. The van der Waals surface area contributed by atoms with E-state index in [1.54, 1.807) is 12.1 Å². The Morgan fingerprint density at radius 1 is 1.06 bits per heavy atom. The summed E-state index contributed by atoms with van der Waals surface area (Å²) in [5.74, 6) is -0.788. The predicted molar refractivity (Wildman–Crippen MR) is 116 cm³/mol. The Kier molecular flexibility index (Phi) is 5.76. The highest BCUT2D eigenvalue weighted by Crippen LogP contribution is 2.57. The van der Waals surface area contributed by atoms with Crippen LogP contribution in [0.1, 0.15) is 61.8 Å². The molecule has 2 aliphatic rings. The molecule has 2 aliphatic carbocycles. The normalized spacial score (nSPS) is 27.3. The van der Waals surface area contributed by atoms with Crippen molar-refractivity contribution in [3.63, 3.8) is 0 Å². The molecule has 32 heavy (non-hydrogen) atoms. The monoisotopic (exact) mass is 446 g/mol. The molecule has 4 rings (SSSR count). The number of rotatable bonds is 5. The molecule has 0 heterocycles. The van der Waals surface area contributed by atoms with E-state index in [1.807, 2.05) is 6.92 Å². The average molecular weight is 447 g/mol. The molecule has 0 radical (unpaired) electrons. The molecule has 3 nitrogen and oxygen atoms in total. The van der Waals surface area contributed by atoms with Gasteiger partial charge in [0.25, 0.3) is 0 Å². The fourth-order valence-corrected chi connectivity index (χ4v) is 6.06. The third-order valence-corrected chi connectivity index (χ3v) is 7.77. The predicted octanol–water partition coefficient (Wildman–Crippen LogP) is 6.47. The zero-order valence-corrected chi connectivity index (χ0v) is 18.5. The average Bonchev–Trinajstić information content (AvgIpc) is 2.72. The highest BCUT2D eigenvalue weighted by atomic mass is 19.4. The lowest BCUT2D eigenvalue weighted by Crippen LogP contribution is -2.52. The first kappa shape index (κ1) is 22.7. The topological polar surface area (TPSA) is 46.5 Å². The number of benzene rings is 2. The Morgan fingerprint density at radius 3 is 2.38 bits per heavy atom. The summed E-state index contributed by atoms with van der Waals surface area (Å²) in [6.07, 6.45) is 1.22. The summed E-state index contributed by atoms with van der Waals surface area (Å²) < 4.78 is 40.9. The van der Waals surface area contributed by atoms with Gasteiger partial charge in [-0.15, -0.1) is 13.2 Å². The SMILES string of the molecule is CC12CCC[C@](C)(C(=O)O)C1CCc1ccc(CCc3ccc(OC(F)(F)F)cc3)cc12. The van der Waals surface area contributed by atoms with E-state index in [-0.39, 0.29) is 17.1 Å². The van der Waals surface area contributed by atoms with E-state index in [4.69, 9.17) is 0 Å². The molecular formula is C26H29F3O3. The van der Waals surface area contributed by atoms with Crippen molar-refractivity contribution in [1.82, 2.24) is 0 Å². The minimum atomic E-state index is -4.69. The maximum atomic E-state index is 12.3. The van der Waals surface area contributed by atoms with Crippen LogP contribution in [0.5, 0.6) is 5.75 Å². The van der Waals surface area contributed by atoms with Crippen LogP contribution in [0.25, 0.3) is 0 Å². The van der Waals surface area contributed by atoms with Gasteiger partial charge in [0, 0.05) is 0 Å². The molecule has 0 bridgehead atoms. The molecule has 0 aliphatic heterocycles. The van der Waals surface area contributed by atoms with Crippen LogP contribution in [0.3, 0.4) is 0 Å². The van der Waals surface area contributed by atoms with Crippen LogP contribution in [0, 0.1) is 11.3 Å². The molecule has 0 aromatic heterocycles. The van der Waals surface area contributed by atoms with Crippen molar-refractivity contribution >= 4 is 5.97 Å². The molecule has 2 unspecified atom stereocenters. The summed E-state index contributed by atoms with van der Waals surface area (Å²) in [5, 5.41) is 9.97. The van der Waals surface area contributed by atoms with Gasteiger partial charge in [-0.05, 0) is 91.2 Å². The molecular weight excluding hydrogens is 417 g/mol. The Bertz CT molecular complexity index is 998. The van der Waals surface area contributed by atoms with Crippen molar-refractivity contribution in [2.75, 3.05) is 0 Å². The van der Waals surface area contributed by atoms with Gasteiger partial charge in [0.2, 0.25) is 0 Å². The Labute approximate surface area is 186 Å². The van der Waals surface area contributed by atoms with Crippen LogP contribution in [-0.4, -0.2) is 17.4 Å². The minimum Gasteiger partial charge on any atom is -0.481 e. The van der Waals surface area contributed by atoms with Crippen molar-refractivity contribution in [3.8, 4) is 5.75 Å². The third kappa shape index (κ3) is 4.24. The standard InChI is InChI=1S/C26H29F3O3/c1-24-14-3-15-25(2,23(30)31)22(24)13-10-19-9-6-18(16-21(19)24)5-4-17-7-11-20(12-8-17)32-26(27,28)29/h6-9,11-12,16,22H,3-5,10,13-15H2,1-2H3,(H,30,31)/t22?,24?,25-/m0/s1. The molecule has 0 amide bonds. The number of carboxylic acid groups (broad SMARTS) is 1. The van der Waals surface area contributed by atoms with Crippen LogP contribution in [0.4, 0.5) is 13.2 Å². The number of aryl methyl sites for hydroxylation is 3. The van der Waals surface area contributed by atoms with Crippen molar-refractivity contribution in [3.05, 3.63) is 64.7 Å². The fraction of sp³-hybridized carbons (Fsp3) is 0.500. The number of carboxylic acids is 1. The lowest BCUT2D eigenvalue weighted by atomic mass is 9.50. The summed E-state index contributed by atoms with van der Waals surface area (Å²) >= 11 is 0. The van der Waals surface area contributed by atoms with Crippen LogP contribution in [0.2, 0.25) is 0 Å². The zero-order chi connectivity index (χ0) is 23.1. The first-order valence-corrected chi connectivity index (χ1v) is 11.2. The highest BCUT2D eigenvalue weighted by Gasteiger charge is 2.55. The van der Waals surface area contributed by atoms with Gasteiger partial charge in [-0.25, -0.2) is 0 Å². The number of hydrogen-bond donors (Lipinski definition) is 1. The van der Waals surface area contributed by atoms with E-state index in [9.17, 15) is 23.1 Å². The number of hydrogen-bond acceptors (Lipinski definition) is 2. The van der Waals surface area contributed by atoms with Gasteiger partial charge in [0.1, 0.15) is 5.75 Å². The molecule has 6 heteroatoms. The van der Waals surface area contributed by atoms with Gasteiger partial charge in [-0.3, -0.25) is 4.79 Å². The van der Waals surface area contributed by atoms with Crippen molar-refractivity contribution in [1.29, 1.82) is 0 Å². The third-order valence-electron chi connectivity index (χ3n) is 7.77. The number of fused-ring (bicyclic) bond motifs is 3. The fourth-order valence-electron chi connectivity index (χ4n) is 6.06. The Morgan fingerprint density at radius 2 is 1.72 bits per heavy atom. The molecule has 1 saturated carbocycles. The largest absolute Gasteiger partial charge is 0.573 e. The second kappa shape index (κ2) is 8.13. The summed E-state index contributed by atoms with van der Waals surface area (Å²) in [6, 6.07) is 12.6. The van der Waals surface area contributed by atoms with Crippen LogP contribution in [-0.2, 0) is 29.5 Å².